The third kappa shape index (κ3) is 3.93. The molecule has 9 heteroatoms. The lowest BCUT2D eigenvalue weighted by atomic mass is 9.91. The van der Waals surface area contributed by atoms with E-state index in [0.29, 0.717) is 35.3 Å². The molecular formula is C23H21ClF3N5. The molecular weight excluding hydrogens is 439 g/mol. The van der Waals surface area contributed by atoms with Gasteiger partial charge in [0.15, 0.2) is 17.5 Å². The molecule has 1 aliphatic heterocycles. The highest BCUT2D eigenvalue weighted by molar-refractivity contribution is 6.29. The summed E-state index contributed by atoms with van der Waals surface area (Å²) in [5, 5.41) is 8.80. The van der Waals surface area contributed by atoms with E-state index in [9.17, 15) is 13.2 Å². The molecule has 5 rings (SSSR count). The maximum Gasteiger partial charge on any atom is 0.168 e. The van der Waals surface area contributed by atoms with E-state index in [0.717, 1.165) is 31.1 Å². The monoisotopic (exact) mass is 459 g/mol. The van der Waals surface area contributed by atoms with E-state index in [1.807, 2.05) is 12.1 Å². The summed E-state index contributed by atoms with van der Waals surface area (Å²) < 4.78 is 41.3. The van der Waals surface area contributed by atoms with Crippen molar-refractivity contribution in [3.05, 3.63) is 70.8 Å². The highest BCUT2D eigenvalue weighted by atomic mass is 35.5. The minimum absolute atomic E-state index is 0.0686. The van der Waals surface area contributed by atoms with E-state index in [-0.39, 0.29) is 23.3 Å². The van der Waals surface area contributed by atoms with Gasteiger partial charge in [-0.05, 0) is 55.0 Å². The number of pyridine rings is 1. The Morgan fingerprint density at radius 1 is 1.06 bits per heavy atom. The van der Waals surface area contributed by atoms with Crippen LogP contribution >= 0.6 is 11.6 Å². The Balaban J connectivity index is 1.45. The van der Waals surface area contributed by atoms with Crippen molar-refractivity contribution in [2.75, 3.05) is 11.4 Å². The first-order chi connectivity index (χ1) is 15.4. The standard InChI is InChI=1S/C23H21ClF3N5/c24-21-3-1-2-15(29-21)10-20-16-9-14(28)6-12(16)11-32(20)22-5-4-19(30-31-22)17-7-13(25)8-18(26)23(17)27/h1-5,7-8,12,14,16,20H,6,9-11,28H2/t12-,14+,16+,20+/m1/s1. The normalized spacial score (nSPS) is 24.7. The highest BCUT2D eigenvalue weighted by Crippen LogP contribution is 2.44. The molecule has 0 spiro atoms. The van der Waals surface area contributed by atoms with E-state index in [1.54, 1.807) is 12.1 Å². The SMILES string of the molecule is N[C@H]1C[C@@H]2CN(c3ccc(-c4cc(F)cc(F)c4F)nn3)[C@@H](Cc3cccc(Cl)n3)[C@H]2C1. The van der Waals surface area contributed by atoms with Crippen molar-refractivity contribution >= 4 is 17.4 Å². The lowest BCUT2D eigenvalue weighted by molar-refractivity contribution is 0.415. The number of halogens is 4. The molecule has 1 saturated carbocycles. The second-order valence-electron chi connectivity index (χ2n) is 8.56. The number of aromatic nitrogens is 3. The Hall–Kier alpha value is -2.71. The Kier molecular flexibility index (Phi) is 5.51. The predicted octanol–water partition coefficient (Wildman–Crippen LogP) is 4.39. The van der Waals surface area contributed by atoms with Crippen molar-refractivity contribution in [2.24, 2.45) is 17.6 Å². The van der Waals surface area contributed by atoms with Crippen LogP contribution in [0.2, 0.25) is 5.15 Å². The summed E-state index contributed by atoms with van der Waals surface area (Å²) >= 11 is 6.08. The third-order valence-electron chi connectivity index (χ3n) is 6.52. The van der Waals surface area contributed by atoms with Gasteiger partial charge >= 0.3 is 0 Å². The number of anilines is 1. The van der Waals surface area contributed by atoms with E-state index in [4.69, 9.17) is 17.3 Å². The van der Waals surface area contributed by atoms with E-state index < -0.39 is 17.5 Å². The van der Waals surface area contributed by atoms with Gasteiger partial charge in [0.1, 0.15) is 11.0 Å². The van der Waals surface area contributed by atoms with Gasteiger partial charge in [0.05, 0.1) is 5.69 Å². The van der Waals surface area contributed by atoms with E-state index in [1.165, 1.54) is 6.07 Å². The molecule has 166 valence electrons. The van der Waals surface area contributed by atoms with Crippen molar-refractivity contribution in [3.63, 3.8) is 0 Å². The van der Waals surface area contributed by atoms with Gasteiger partial charge in [-0.3, -0.25) is 0 Å². The largest absolute Gasteiger partial charge is 0.351 e. The highest BCUT2D eigenvalue weighted by Gasteiger charge is 2.47. The molecule has 3 aromatic rings. The van der Waals surface area contributed by atoms with Crippen LogP contribution in [-0.2, 0) is 6.42 Å². The van der Waals surface area contributed by atoms with Crippen LogP contribution < -0.4 is 10.6 Å². The molecule has 3 heterocycles. The first-order valence-electron chi connectivity index (χ1n) is 10.5. The van der Waals surface area contributed by atoms with Crippen LogP contribution in [0.1, 0.15) is 18.5 Å². The van der Waals surface area contributed by atoms with Crippen LogP contribution in [0.15, 0.2) is 42.5 Å². The van der Waals surface area contributed by atoms with Gasteiger partial charge in [-0.1, -0.05) is 17.7 Å². The first-order valence-corrected chi connectivity index (χ1v) is 10.9. The lowest BCUT2D eigenvalue weighted by Crippen LogP contribution is -2.37. The summed E-state index contributed by atoms with van der Waals surface area (Å²) in [6.45, 7) is 0.778. The van der Waals surface area contributed by atoms with Crippen molar-refractivity contribution in [2.45, 2.75) is 31.3 Å². The summed E-state index contributed by atoms with van der Waals surface area (Å²) in [6.07, 6.45) is 2.55. The molecule has 5 nitrogen and oxygen atoms in total. The third-order valence-corrected chi connectivity index (χ3v) is 6.73. The van der Waals surface area contributed by atoms with Gasteiger partial charge < -0.3 is 10.6 Å². The molecule has 32 heavy (non-hydrogen) atoms. The molecule has 2 fully saturated rings. The molecule has 2 N–H and O–H groups in total. The average Bonchev–Trinajstić information content (AvgIpc) is 3.28. The van der Waals surface area contributed by atoms with Crippen molar-refractivity contribution in [3.8, 4) is 11.3 Å². The number of hydrogen-bond donors (Lipinski definition) is 1. The molecule has 0 amide bonds. The number of benzene rings is 1. The van der Waals surface area contributed by atoms with Crippen molar-refractivity contribution < 1.29 is 13.2 Å². The van der Waals surface area contributed by atoms with Crippen LogP contribution in [0, 0.1) is 29.3 Å². The molecule has 1 aliphatic carbocycles. The van der Waals surface area contributed by atoms with Gasteiger partial charge in [0.25, 0.3) is 0 Å². The van der Waals surface area contributed by atoms with E-state index >= 15 is 0 Å². The smallest absolute Gasteiger partial charge is 0.168 e. The maximum atomic E-state index is 14.1. The summed E-state index contributed by atoms with van der Waals surface area (Å²) in [5.41, 5.74) is 6.93. The van der Waals surface area contributed by atoms with Crippen LogP contribution in [0.5, 0.6) is 0 Å². The Morgan fingerprint density at radius 3 is 2.66 bits per heavy atom. The van der Waals surface area contributed by atoms with Gasteiger partial charge in [-0.2, -0.15) is 0 Å². The summed E-state index contributed by atoms with van der Waals surface area (Å²) in [7, 11) is 0. The summed E-state index contributed by atoms with van der Waals surface area (Å²) in [6, 6.07) is 10.5. The zero-order valence-electron chi connectivity index (χ0n) is 17.1. The molecule has 0 bridgehead atoms. The quantitative estimate of drug-likeness (QED) is 0.463. The molecule has 2 aromatic heterocycles. The molecule has 1 saturated heterocycles. The predicted molar refractivity (Wildman–Crippen MR) is 116 cm³/mol. The van der Waals surface area contributed by atoms with Crippen molar-refractivity contribution in [1.82, 2.24) is 15.2 Å². The van der Waals surface area contributed by atoms with Crippen LogP contribution in [-0.4, -0.2) is 33.8 Å². The van der Waals surface area contributed by atoms with Crippen LogP contribution in [0.25, 0.3) is 11.3 Å². The van der Waals surface area contributed by atoms with Crippen LogP contribution in [0.3, 0.4) is 0 Å². The minimum atomic E-state index is -1.26. The number of nitrogens with two attached hydrogens (primary N) is 1. The number of hydrogen-bond acceptors (Lipinski definition) is 5. The number of rotatable bonds is 4. The van der Waals surface area contributed by atoms with Crippen molar-refractivity contribution in [1.29, 1.82) is 0 Å². The van der Waals surface area contributed by atoms with E-state index in [2.05, 4.69) is 20.1 Å². The average molecular weight is 460 g/mol. The van der Waals surface area contributed by atoms with Gasteiger partial charge in [-0.25, -0.2) is 18.2 Å². The second-order valence-corrected chi connectivity index (χ2v) is 8.94. The molecule has 0 radical (unpaired) electrons. The van der Waals surface area contributed by atoms with Crippen LogP contribution in [0.4, 0.5) is 19.0 Å². The molecule has 0 unspecified atom stereocenters. The Morgan fingerprint density at radius 2 is 1.91 bits per heavy atom. The zero-order chi connectivity index (χ0) is 22.4. The molecule has 4 atom stereocenters. The topological polar surface area (TPSA) is 67.9 Å². The van der Waals surface area contributed by atoms with Gasteiger partial charge in [0.2, 0.25) is 0 Å². The van der Waals surface area contributed by atoms with Gasteiger partial charge in [0, 0.05) is 42.4 Å². The summed E-state index contributed by atoms with van der Waals surface area (Å²) in [5.74, 6) is -1.83. The fraction of sp³-hybridized carbons (Fsp3) is 0.348. The zero-order valence-corrected chi connectivity index (χ0v) is 17.8. The lowest BCUT2D eigenvalue weighted by Gasteiger charge is -2.29. The Bertz CT molecular complexity index is 1140. The fourth-order valence-corrected chi connectivity index (χ4v) is 5.35. The fourth-order valence-electron chi connectivity index (χ4n) is 5.17. The molecule has 2 aliphatic rings. The first kappa shape index (κ1) is 21.2. The number of nitrogens with zero attached hydrogens (tertiary/aromatic N) is 4. The Labute approximate surface area is 188 Å². The summed E-state index contributed by atoms with van der Waals surface area (Å²) in [4.78, 5) is 6.62. The number of fused-ring (bicyclic) bond motifs is 1. The minimum Gasteiger partial charge on any atom is -0.351 e. The van der Waals surface area contributed by atoms with Gasteiger partial charge in [-0.15, -0.1) is 10.2 Å². The maximum absolute atomic E-state index is 14.1. The molecule has 1 aromatic carbocycles. The second kappa shape index (κ2) is 8.33.